The largest absolute Gasteiger partial charge is 0.346 e. The molecule has 0 N–H and O–H groups in total. The van der Waals surface area contributed by atoms with Gasteiger partial charge in [0.15, 0.2) is 15.6 Å². The molecule has 0 aromatic heterocycles. The fourth-order valence-electron chi connectivity index (χ4n) is 3.34. The molecule has 0 radical (unpaired) electrons. The van der Waals surface area contributed by atoms with Crippen LogP contribution in [0.2, 0.25) is 0 Å². The first-order valence-electron chi connectivity index (χ1n) is 10.2. The molecular weight excluding hydrogens is 511 g/mol. The summed E-state index contributed by atoms with van der Waals surface area (Å²) in [7, 11) is -3.48. The number of rotatable bonds is 8. The van der Waals surface area contributed by atoms with Gasteiger partial charge in [0, 0.05) is 10.3 Å². The van der Waals surface area contributed by atoms with Crippen molar-refractivity contribution in [3.8, 4) is 0 Å². The molecule has 1 aliphatic rings. The lowest BCUT2D eigenvalue weighted by Gasteiger charge is -2.29. The molecule has 0 aliphatic carbocycles. The van der Waals surface area contributed by atoms with Crippen molar-refractivity contribution in [2.75, 3.05) is 16.8 Å². The number of allylic oxidation sites excluding steroid dienone is 3. The highest BCUT2D eigenvalue weighted by atomic mass is 127. The van der Waals surface area contributed by atoms with Crippen molar-refractivity contribution >= 4 is 32.4 Å². The Morgan fingerprint density at radius 1 is 1.23 bits per heavy atom. The van der Waals surface area contributed by atoms with Crippen molar-refractivity contribution < 1.29 is 17.9 Å². The van der Waals surface area contributed by atoms with Crippen LogP contribution in [0.15, 0.2) is 70.7 Å². The molecule has 1 fully saturated rings. The van der Waals surface area contributed by atoms with Crippen LogP contribution in [0.4, 0.5) is 0 Å². The van der Waals surface area contributed by atoms with E-state index in [2.05, 4.69) is 55.2 Å². The Morgan fingerprint density at radius 2 is 1.90 bits per heavy atom. The van der Waals surface area contributed by atoms with E-state index in [-0.39, 0.29) is 18.3 Å². The number of hydrogen-bond acceptors (Lipinski definition) is 4. The molecule has 0 bridgehead atoms. The zero-order valence-electron chi connectivity index (χ0n) is 18.4. The fourth-order valence-corrected chi connectivity index (χ4v) is 5.31. The molecule has 30 heavy (non-hydrogen) atoms. The van der Waals surface area contributed by atoms with Gasteiger partial charge >= 0.3 is 0 Å². The smallest absolute Gasteiger partial charge is 0.179 e. The molecule has 0 spiro atoms. The van der Waals surface area contributed by atoms with E-state index < -0.39 is 21.7 Å². The van der Waals surface area contributed by atoms with Gasteiger partial charge in [-0.3, -0.25) is 0 Å². The zero-order chi connectivity index (χ0) is 22.4. The van der Waals surface area contributed by atoms with Gasteiger partial charge in [0.2, 0.25) is 0 Å². The summed E-state index contributed by atoms with van der Waals surface area (Å²) in [4.78, 5) is 0.320. The number of alkyl halides is 1. The molecule has 0 saturated carbocycles. The lowest BCUT2D eigenvalue weighted by Crippen LogP contribution is -2.35. The van der Waals surface area contributed by atoms with Crippen LogP contribution in [-0.4, -0.2) is 37.1 Å². The van der Waals surface area contributed by atoms with Crippen molar-refractivity contribution in [3.63, 3.8) is 0 Å². The number of hydrogen-bond donors (Lipinski definition) is 0. The van der Waals surface area contributed by atoms with Crippen LogP contribution in [-0.2, 0) is 19.3 Å². The summed E-state index contributed by atoms with van der Waals surface area (Å²) in [5, 5.41) is 0. The third-order valence-electron chi connectivity index (χ3n) is 5.14. The Balaban J connectivity index is 2.29. The minimum Gasteiger partial charge on any atom is -0.346 e. The SMILES string of the molecule is C=C1COC(C)(C)O[C@H](/C=C(\C)CC/C=C(\C)CI)[C@H]1CS(=O)(=O)c1ccccc1. The van der Waals surface area contributed by atoms with E-state index in [1.54, 1.807) is 24.3 Å². The molecular formula is C24H33IO4S. The lowest BCUT2D eigenvalue weighted by molar-refractivity contribution is -0.216. The third kappa shape index (κ3) is 7.62. The van der Waals surface area contributed by atoms with E-state index in [0.717, 1.165) is 22.8 Å². The van der Waals surface area contributed by atoms with Crippen molar-refractivity contribution in [2.45, 2.75) is 57.3 Å². The fraction of sp³-hybridized carbons (Fsp3) is 0.500. The van der Waals surface area contributed by atoms with Gasteiger partial charge in [0.05, 0.1) is 23.4 Å². The maximum Gasteiger partial charge on any atom is 0.179 e. The average Bonchev–Trinajstić information content (AvgIpc) is 2.79. The Labute approximate surface area is 195 Å². The Kier molecular flexibility index (Phi) is 9.33. The molecule has 2 rings (SSSR count). The van der Waals surface area contributed by atoms with Crippen LogP contribution < -0.4 is 0 Å². The second kappa shape index (κ2) is 11.1. The highest BCUT2D eigenvalue weighted by Gasteiger charge is 2.37. The molecule has 1 aliphatic heterocycles. The van der Waals surface area contributed by atoms with Crippen molar-refractivity contribution in [2.24, 2.45) is 5.92 Å². The van der Waals surface area contributed by atoms with Crippen LogP contribution in [0.3, 0.4) is 0 Å². The van der Waals surface area contributed by atoms with E-state index in [4.69, 9.17) is 9.47 Å². The maximum atomic E-state index is 13.1. The van der Waals surface area contributed by atoms with Crippen LogP contribution in [0.25, 0.3) is 0 Å². The molecule has 6 heteroatoms. The van der Waals surface area contributed by atoms with Crippen LogP contribution >= 0.6 is 22.6 Å². The van der Waals surface area contributed by atoms with Gasteiger partial charge in [-0.15, -0.1) is 0 Å². The monoisotopic (exact) mass is 544 g/mol. The molecule has 1 aromatic rings. The first-order valence-corrected chi connectivity index (χ1v) is 13.4. The van der Waals surface area contributed by atoms with Gasteiger partial charge in [-0.2, -0.15) is 0 Å². The minimum absolute atomic E-state index is 0.0580. The highest BCUT2D eigenvalue weighted by molar-refractivity contribution is 14.1. The zero-order valence-corrected chi connectivity index (χ0v) is 21.3. The molecule has 1 aromatic carbocycles. The predicted molar refractivity (Wildman–Crippen MR) is 132 cm³/mol. The van der Waals surface area contributed by atoms with Gasteiger partial charge in [-0.25, -0.2) is 8.42 Å². The summed E-state index contributed by atoms with van der Waals surface area (Å²) in [6.07, 6.45) is 5.75. The summed E-state index contributed by atoms with van der Waals surface area (Å²) >= 11 is 2.36. The van der Waals surface area contributed by atoms with Crippen LogP contribution in [0, 0.1) is 5.92 Å². The van der Waals surface area contributed by atoms with E-state index >= 15 is 0 Å². The van der Waals surface area contributed by atoms with E-state index in [0.29, 0.717) is 4.90 Å². The van der Waals surface area contributed by atoms with E-state index in [1.165, 1.54) is 11.1 Å². The van der Waals surface area contributed by atoms with Crippen LogP contribution in [0.1, 0.15) is 40.5 Å². The molecule has 0 amide bonds. The van der Waals surface area contributed by atoms with Crippen molar-refractivity contribution in [1.29, 1.82) is 0 Å². The standard InChI is InChI=1S/C24H33IO4S/c1-18(10-9-11-19(2)15-25)14-23-22(20(3)16-28-24(4,5)29-23)17-30(26,27)21-12-7-6-8-13-21/h6-8,11-14,22-23H,3,9-10,15-17H2,1-2,4-5H3/b18-14+,19-11+/t22-,23+/m0/s1. The molecule has 4 nitrogen and oxygen atoms in total. The van der Waals surface area contributed by atoms with E-state index in [9.17, 15) is 8.42 Å². The summed E-state index contributed by atoms with van der Waals surface area (Å²) in [5.74, 6) is -1.25. The quantitative estimate of drug-likeness (QED) is 0.233. The lowest BCUT2D eigenvalue weighted by atomic mass is 9.94. The average molecular weight is 544 g/mol. The van der Waals surface area contributed by atoms with Gasteiger partial charge in [-0.1, -0.05) is 70.7 Å². The molecule has 1 heterocycles. The summed E-state index contributed by atoms with van der Waals surface area (Å²) in [6.45, 7) is 12.3. The van der Waals surface area contributed by atoms with Gasteiger partial charge in [0.25, 0.3) is 0 Å². The molecule has 1 saturated heterocycles. The van der Waals surface area contributed by atoms with Gasteiger partial charge < -0.3 is 9.47 Å². The molecule has 166 valence electrons. The summed E-state index contributed by atoms with van der Waals surface area (Å²) < 4.78 is 39.2. The molecule has 2 atom stereocenters. The number of halogens is 1. The van der Waals surface area contributed by atoms with Crippen LogP contribution in [0.5, 0.6) is 0 Å². The number of sulfone groups is 1. The van der Waals surface area contributed by atoms with Gasteiger partial charge in [-0.05, 0) is 58.2 Å². The second-order valence-electron chi connectivity index (χ2n) is 8.37. The first kappa shape index (κ1) is 25.3. The first-order chi connectivity index (χ1) is 14.0. The minimum atomic E-state index is -3.48. The normalized spacial score (nSPS) is 23.3. The van der Waals surface area contributed by atoms with Crippen molar-refractivity contribution in [3.05, 3.63) is 65.8 Å². The second-order valence-corrected chi connectivity index (χ2v) is 11.2. The van der Waals surface area contributed by atoms with Crippen molar-refractivity contribution in [1.82, 2.24) is 0 Å². The highest BCUT2D eigenvalue weighted by Crippen LogP contribution is 2.32. The third-order valence-corrected chi connectivity index (χ3v) is 8.13. The summed E-state index contributed by atoms with van der Waals surface area (Å²) in [6, 6.07) is 8.56. The van der Waals surface area contributed by atoms with E-state index in [1.807, 2.05) is 19.9 Å². The Morgan fingerprint density at radius 3 is 2.53 bits per heavy atom. The Hall–Kier alpha value is -0.960. The maximum absolute atomic E-state index is 13.1. The molecule has 0 unspecified atom stereocenters. The number of benzene rings is 1. The van der Waals surface area contributed by atoms with Gasteiger partial charge in [0.1, 0.15) is 0 Å². The topological polar surface area (TPSA) is 52.6 Å². The summed E-state index contributed by atoms with van der Waals surface area (Å²) in [5.41, 5.74) is 3.28. The predicted octanol–water partition coefficient (Wildman–Crippen LogP) is 5.89. The Bertz CT molecular complexity index is 885. The number of ether oxygens (including phenoxy) is 2.